The van der Waals surface area contributed by atoms with Crippen LogP contribution in [-0.4, -0.2) is 56.6 Å². The molecule has 0 bridgehead atoms. The lowest BCUT2D eigenvalue weighted by molar-refractivity contribution is 0.0773. The first-order valence-corrected chi connectivity index (χ1v) is 10.1. The zero-order valence-electron chi connectivity index (χ0n) is 16.5. The van der Waals surface area contributed by atoms with Crippen LogP contribution < -0.4 is 5.32 Å². The van der Waals surface area contributed by atoms with Crippen LogP contribution in [0.1, 0.15) is 28.8 Å². The van der Waals surface area contributed by atoms with E-state index in [1.165, 1.54) is 0 Å². The molecular weight excluding hydrogens is 380 g/mol. The molecule has 0 fully saturated rings. The van der Waals surface area contributed by atoms with E-state index in [2.05, 4.69) is 32.7 Å². The molecule has 30 heavy (non-hydrogen) atoms. The standard InChI is InChI=1S/C22H22N6O2/c29-21(17-5-2-1-3-6-17)27-10-8-16(9-11-27)19-14-24-22(28-15-25-26-20(19)28)23-13-18-7-4-12-30-18/h1-3,5-8,14-15H,4,9-13H2,(H,23,24). The molecule has 0 atom stereocenters. The van der Waals surface area contributed by atoms with Gasteiger partial charge in [-0.2, -0.15) is 0 Å². The Morgan fingerprint density at radius 3 is 2.87 bits per heavy atom. The number of hydrogen-bond acceptors (Lipinski definition) is 6. The van der Waals surface area contributed by atoms with E-state index < -0.39 is 0 Å². The smallest absolute Gasteiger partial charge is 0.254 e. The molecule has 0 spiro atoms. The summed E-state index contributed by atoms with van der Waals surface area (Å²) in [5.74, 6) is 1.66. The lowest BCUT2D eigenvalue weighted by Crippen LogP contribution is -2.34. The molecule has 8 heteroatoms. The summed E-state index contributed by atoms with van der Waals surface area (Å²) in [6.07, 6.45) is 9.35. The summed E-state index contributed by atoms with van der Waals surface area (Å²) in [6, 6.07) is 9.39. The molecule has 8 nitrogen and oxygen atoms in total. The van der Waals surface area contributed by atoms with Crippen LogP contribution in [0.2, 0.25) is 0 Å². The lowest BCUT2D eigenvalue weighted by atomic mass is 10.0. The molecule has 0 radical (unpaired) electrons. The molecule has 1 amide bonds. The van der Waals surface area contributed by atoms with E-state index >= 15 is 0 Å². The average molecular weight is 402 g/mol. The molecule has 0 saturated carbocycles. The first-order chi connectivity index (χ1) is 14.8. The molecule has 1 aromatic carbocycles. The number of anilines is 1. The maximum atomic E-state index is 12.7. The summed E-state index contributed by atoms with van der Waals surface area (Å²) in [6.45, 7) is 2.54. The van der Waals surface area contributed by atoms with Crippen molar-refractivity contribution in [1.29, 1.82) is 0 Å². The highest BCUT2D eigenvalue weighted by atomic mass is 16.5. The van der Waals surface area contributed by atoms with Crippen molar-refractivity contribution < 1.29 is 9.53 Å². The van der Waals surface area contributed by atoms with Gasteiger partial charge in [0.25, 0.3) is 5.91 Å². The lowest BCUT2D eigenvalue weighted by Gasteiger charge is -2.26. The van der Waals surface area contributed by atoms with Crippen LogP contribution in [-0.2, 0) is 4.74 Å². The van der Waals surface area contributed by atoms with Gasteiger partial charge in [0.15, 0.2) is 5.65 Å². The number of carbonyl (C=O) groups is 1. The number of nitrogens with zero attached hydrogens (tertiary/aromatic N) is 5. The van der Waals surface area contributed by atoms with Gasteiger partial charge in [-0.05, 0) is 30.2 Å². The van der Waals surface area contributed by atoms with E-state index in [0.29, 0.717) is 31.1 Å². The second-order valence-electron chi connectivity index (χ2n) is 7.28. The number of carbonyl (C=O) groups excluding carboxylic acids is 1. The maximum Gasteiger partial charge on any atom is 0.254 e. The number of ether oxygens (including phenoxy) is 1. The van der Waals surface area contributed by atoms with Crippen LogP contribution in [0, 0.1) is 0 Å². The van der Waals surface area contributed by atoms with Crippen molar-refractivity contribution in [2.45, 2.75) is 12.8 Å². The second kappa shape index (κ2) is 7.98. The van der Waals surface area contributed by atoms with Gasteiger partial charge in [-0.15, -0.1) is 10.2 Å². The number of amides is 1. The van der Waals surface area contributed by atoms with Gasteiger partial charge in [0.1, 0.15) is 12.1 Å². The highest BCUT2D eigenvalue weighted by Crippen LogP contribution is 2.26. The fraction of sp³-hybridized carbons (Fsp3) is 0.273. The number of fused-ring (bicyclic) bond motifs is 1. The Morgan fingerprint density at radius 1 is 1.20 bits per heavy atom. The topological polar surface area (TPSA) is 84.7 Å². The summed E-state index contributed by atoms with van der Waals surface area (Å²) in [4.78, 5) is 19.1. The number of nitrogens with one attached hydrogen (secondary N) is 1. The van der Waals surface area contributed by atoms with Crippen LogP contribution in [0.25, 0.3) is 11.2 Å². The van der Waals surface area contributed by atoms with E-state index in [0.717, 1.165) is 42.0 Å². The zero-order valence-corrected chi connectivity index (χ0v) is 16.5. The van der Waals surface area contributed by atoms with Crippen LogP contribution in [0.15, 0.2) is 60.8 Å². The second-order valence-corrected chi connectivity index (χ2v) is 7.28. The van der Waals surface area contributed by atoms with Crippen LogP contribution in [0.4, 0.5) is 5.95 Å². The molecule has 4 heterocycles. The summed E-state index contributed by atoms with van der Waals surface area (Å²) < 4.78 is 7.39. The van der Waals surface area contributed by atoms with Gasteiger partial charge in [0, 0.05) is 36.8 Å². The minimum absolute atomic E-state index is 0.0552. The van der Waals surface area contributed by atoms with Gasteiger partial charge < -0.3 is 15.0 Å². The van der Waals surface area contributed by atoms with E-state index in [1.54, 1.807) is 6.33 Å². The Morgan fingerprint density at radius 2 is 2.10 bits per heavy atom. The summed E-state index contributed by atoms with van der Waals surface area (Å²) in [5.41, 5.74) is 3.54. The van der Waals surface area contributed by atoms with Crippen molar-refractivity contribution in [2.75, 3.05) is 31.6 Å². The largest absolute Gasteiger partial charge is 0.496 e. The molecule has 0 aliphatic carbocycles. The van der Waals surface area contributed by atoms with Gasteiger partial charge in [0.2, 0.25) is 5.95 Å². The van der Waals surface area contributed by atoms with Crippen LogP contribution in [0.3, 0.4) is 0 Å². The summed E-state index contributed by atoms with van der Waals surface area (Å²) in [5, 5.41) is 11.7. The molecule has 152 valence electrons. The zero-order chi connectivity index (χ0) is 20.3. The molecule has 3 aromatic rings. The van der Waals surface area contributed by atoms with Crippen molar-refractivity contribution in [3.63, 3.8) is 0 Å². The van der Waals surface area contributed by atoms with Crippen molar-refractivity contribution in [3.05, 3.63) is 71.9 Å². The van der Waals surface area contributed by atoms with E-state index in [9.17, 15) is 4.79 Å². The van der Waals surface area contributed by atoms with E-state index in [1.807, 2.05) is 45.8 Å². The normalized spacial score (nSPS) is 16.2. The quantitative estimate of drug-likeness (QED) is 0.706. The summed E-state index contributed by atoms with van der Waals surface area (Å²) in [7, 11) is 0. The van der Waals surface area contributed by atoms with Gasteiger partial charge in [-0.1, -0.05) is 24.3 Å². The third-order valence-electron chi connectivity index (χ3n) is 5.39. The van der Waals surface area contributed by atoms with Gasteiger partial charge >= 0.3 is 0 Å². The van der Waals surface area contributed by atoms with Crippen molar-refractivity contribution in [2.24, 2.45) is 0 Å². The Bertz CT molecular complexity index is 1130. The Labute approximate surface area is 173 Å². The number of aromatic nitrogens is 4. The average Bonchev–Trinajstić information content (AvgIpc) is 3.50. The fourth-order valence-corrected chi connectivity index (χ4v) is 3.80. The first-order valence-electron chi connectivity index (χ1n) is 10.1. The van der Waals surface area contributed by atoms with Crippen LogP contribution >= 0.6 is 0 Å². The van der Waals surface area contributed by atoms with Gasteiger partial charge in [0.05, 0.1) is 13.2 Å². The Hall–Kier alpha value is -3.68. The molecule has 0 unspecified atom stereocenters. The maximum absolute atomic E-state index is 12.7. The van der Waals surface area contributed by atoms with Gasteiger partial charge in [-0.3, -0.25) is 9.20 Å². The predicted octanol–water partition coefficient (Wildman–Crippen LogP) is 2.77. The third kappa shape index (κ3) is 3.52. The third-order valence-corrected chi connectivity index (χ3v) is 5.39. The predicted molar refractivity (Wildman–Crippen MR) is 113 cm³/mol. The Kier molecular flexibility index (Phi) is 4.88. The molecule has 2 aromatic heterocycles. The van der Waals surface area contributed by atoms with Crippen molar-refractivity contribution >= 4 is 23.1 Å². The monoisotopic (exact) mass is 402 g/mol. The van der Waals surface area contributed by atoms with E-state index in [-0.39, 0.29) is 5.91 Å². The first kappa shape index (κ1) is 18.4. The minimum Gasteiger partial charge on any atom is -0.496 e. The number of benzene rings is 1. The summed E-state index contributed by atoms with van der Waals surface area (Å²) >= 11 is 0. The van der Waals surface area contributed by atoms with Gasteiger partial charge in [-0.25, -0.2) is 4.98 Å². The molecule has 1 N–H and O–H groups in total. The number of rotatable bonds is 5. The highest BCUT2D eigenvalue weighted by Gasteiger charge is 2.21. The van der Waals surface area contributed by atoms with Crippen molar-refractivity contribution in [1.82, 2.24) is 24.5 Å². The van der Waals surface area contributed by atoms with Crippen molar-refractivity contribution in [3.8, 4) is 0 Å². The molecular formula is C22H22N6O2. The SMILES string of the molecule is O=C(c1ccccc1)N1CC=C(c2cnc(NCC3=CCCO3)n3cnnc23)CC1. The minimum atomic E-state index is 0.0552. The molecule has 5 rings (SSSR count). The van der Waals surface area contributed by atoms with E-state index in [4.69, 9.17) is 4.74 Å². The molecule has 2 aliphatic heterocycles. The fourth-order valence-electron chi connectivity index (χ4n) is 3.80. The Balaban J connectivity index is 1.34. The van der Waals surface area contributed by atoms with Crippen LogP contribution in [0.5, 0.6) is 0 Å². The molecule has 0 saturated heterocycles. The number of hydrogen-bond donors (Lipinski definition) is 1. The molecule has 2 aliphatic rings. The highest BCUT2D eigenvalue weighted by molar-refractivity contribution is 5.94.